The van der Waals surface area contributed by atoms with E-state index >= 15 is 0 Å². The molecular formula is C17H28N2. The number of hydrogen-bond donors (Lipinski definition) is 1. The van der Waals surface area contributed by atoms with Crippen LogP contribution in [0.5, 0.6) is 0 Å². The van der Waals surface area contributed by atoms with Crippen molar-refractivity contribution in [3.05, 3.63) is 35.4 Å². The molecule has 1 aliphatic rings. The van der Waals surface area contributed by atoms with Gasteiger partial charge in [-0.15, -0.1) is 0 Å². The molecule has 0 saturated carbocycles. The van der Waals surface area contributed by atoms with Crippen LogP contribution in [-0.4, -0.2) is 24.5 Å². The van der Waals surface area contributed by atoms with E-state index in [9.17, 15) is 0 Å². The first-order valence-electron chi connectivity index (χ1n) is 7.75. The lowest BCUT2D eigenvalue weighted by Gasteiger charge is -2.27. The Balaban J connectivity index is 1.91. The number of piperidine rings is 1. The molecule has 1 aliphatic heterocycles. The lowest BCUT2D eigenvalue weighted by Crippen LogP contribution is -2.30. The predicted molar refractivity (Wildman–Crippen MR) is 82.1 cm³/mol. The number of rotatable bonds is 6. The van der Waals surface area contributed by atoms with Gasteiger partial charge < -0.3 is 5.32 Å². The van der Waals surface area contributed by atoms with E-state index in [2.05, 4.69) is 48.3 Å². The summed E-state index contributed by atoms with van der Waals surface area (Å²) >= 11 is 0. The highest BCUT2D eigenvalue weighted by Gasteiger charge is 2.12. The van der Waals surface area contributed by atoms with E-state index < -0.39 is 0 Å². The Labute approximate surface area is 118 Å². The van der Waals surface area contributed by atoms with Gasteiger partial charge in [-0.3, -0.25) is 4.90 Å². The Kier molecular flexibility index (Phi) is 5.87. The summed E-state index contributed by atoms with van der Waals surface area (Å²) in [5.74, 6) is 0.717. The molecule has 2 heteroatoms. The van der Waals surface area contributed by atoms with Crippen molar-refractivity contribution in [2.45, 2.75) is 46.2 Å². The summed E-state index contributed by atoms with van der Waals surface area (Å²) in [6, 6.07) is 8.89. The average molecular weight is 260 g/mol. The largest absolute Gasteiger partial charge is 0.312 e. The van der Waals surface area contributed by atoms with Crippen LogP contribution >= 0.6 is 0 Å². The van der Waals surface area contributed by atoms with Gasteiger partial charge in [0.15, 0.2) is 0 Å². The van der Waals surface area contributed by atoms with E-state index in [0.29, 0.717) is 5.92 Å². The highest BCUT2D eigenvalue weighted by Crippen LogP contribution is 2.16. The van der Waals surface area contributed by atoms with Crippen molar-refractivity contribution in [2.24, 2.45) is 5.92 Å². The Morgan fingerprint density at radius 3 is 2.42 bits per heavy atom. The van der Waals surface area contributed by atoms with Crippen LogP contribution in [0.4, 0.5) is 0 Å². The number of benzene rings is 1. The van der Waals surface area contributed by atoms with Crippen molar-refractivity contribution in [1.29, 1.82) is 0 Å². The van der Waals surface area contributed by atoms with Crippen molar-refractivity contribution in [3.63, 3.8) is 0 Å². The quantitative estimate of drug-likeness (QED) is 0.843. The fourth-order valence-electron chi connectivity index (χ4n) is 2.74. The molecule has 0 bridgehead atoms. The van der Waals surface area contributed by atoms with Crippen LogP contribution in [0.15, 0.2) is 24.3 Å². The highest BCUT2D eigenvalue weighted by molar-refractivity contribution is 5.27. The van der Waals surface area contributed by atoms with Gasteiger partial charge in [0, 0.05) is 13.1 Å². The predicted octanol–water partition coefficient (Wildman–Crippen LogP) is 3.42. The van der Waals surface area contributed by atoms with Crippen LogP contribution in [0, 0.1) is 5.92 Å². The summed E-state index contributed by atoms with van der Waals surface area (Å²) in [5.41, 5.74) is 2.97. The zero-order chi connectivity index (χ0) is 13.5. The minimum atomic E-state index is 0.717. The van der Waals surface area contributed by atoms with Gasteiger partial charge in [0.25, 0.3) is 0 Å². The van der Waals surface area contributed by atoms with E-state index in [0.717, 1.165) is 19.6 Å². The fourth-order valence-corrected chi connectivity index (χ4v) is 2.74. The van der Waals surface area contributed by atoms with Crippen molar-refractivity contribution >= 4 is 0 Å². The van der Waals surface area contributed by atoms with Gasteiger partial charge in [0.05, 0.1) is 0 Å². The SMILES string of the molecule is CC(C)CNCc1ccccc1CN1CCCCC1. The normalized spacial score (nSPS) is 17.0. The highest BCUT2D eigenvalue weighted by atomic mass is 15.1. The second kappa shape index (κ2) is 7.66. The second-order valence-electron chi connectivity index (χ2n) is 6.13. The number of nitrogens with one attached hydrogen (secondary N) is 1. The van der Waals surface area contributed by atoms with Crippen molar-refractivity contribution in [1.82, 2.24) is 10.2 Å². The van der Waals surface area contributed by atoms with E-state index in [4.69, 9.17) is 0 Å². The Morgan fingerprint density at radius 2 is 1.74 bits per heavy atom. The van der Waals surface area contributed by atoms with Gasteiger partial charge in [-0.25, -0.2) is 0 Å². The molecule has 1 fully saturated rings. The van der Waals surface area contributed by atoms with Crippen LogP contribution in [-0.2, 0) is 13.1 Å². The molecule has 0 unspecified atom stereocenters. The van der Waals surface area contributed by atoms with Crippen molar-refractivity contribution < 1.29 is 0 Å². The standard InChI is InChI=1S/C17H28N2/c1-15(2)12-18-13-16-8-4-5-9-17(16)14-19-10-6-3-7-11-19/h4-5,8-9,15,18H,3,6-7,10-14H2,1-2H3. The van der Waals surface area contributed by atoms with Gasteiger partial charge in [-0.2, -0.15) is 0 Å². The minimum absolute atomic E-state index is 0.717. The Bertz CT molecular complexity index is 367. The van der Waals surface area contributed by atoms with Crippen LogP contribution in [0.25, 0.3) is 0 Å². The van der Waals surface area contributed by atoms with Crippen LogP contribution in [0.1, 0.15) is 44.2 Å². The molecule has 0 spiro atoms. The third-order valence-electron chi connectivity index (χ3n) is 3.83. The fraction of sp³-hybridized carbons (Fsp3) is 0.647. The molecular weight excluding hydrogens is 232 g/mol. The lowest BCUT2D eigenvalue weighted by atomic mass is 10.0. The summed E-state index contributed by atoms with van der Waals surface area (Å²) in [6.45, 7) is 10.3. The zero-order valence-electron chi connectivity index (χ0n) is 12.5. The van der Waals surface area contributed by atoms with Gasteiger partial charge in [0.2, 0.25) is 0 Å². The van der Waals surface area contributed by atoms with E-state index in [1.165, 1.54) is 43.5 Å². The molecule has 0 aromatic heterocycles. The summed E-state index contributed by atoms with van der Waals surface area (Å²) in [4.78, 5) is 2.60. The molecule has 0 radical (unpaired) electrons. The molecule has 19 heavy (non-hydrogen) atoms. The number of nitrogens with zero attached hydrogens (tertiary/aromatic N) is 1. The first kappa shape index (κ1) is 14.5. The topological polar surface area (TPSA) is 15.3 Å². The molecule has 2 rings (SSSR count). The molecule has 1 saturated heterocycles. The molecule has 0 aliphatic carbocycles. The molecule has 1 aromatic rings. The molecule has 1 aromatic carbocycles. The van der Waals surface area contributed by atoms with Gasteiger partial charge in [-0.1, -0.05) is 44.5 Å². The van der Waals surface area contributed by atoms with Crippen LogP contribution < -0.4 is 5.32 Å². The van der Waals surface area contributed by atoms with E-state index in [-0.39, 0.29) is 0 Å². The van der Waals surface area contributed by atoms with Crippen molar-refractivity contribution in [2.75, 3.05) is 19.6 Å². The second-order valence-corrected chi connectivity index (χ2v) is 6.13. The van der Waals surface area contributed by atoms with Gasteiger partial charge in [-0.05, 0) is 49.5 Å². The Morgan fingerprint density at radius 1 is 1.05 bits per heavy atom. The summed E-state index contributed by atoms with van der Waals surface area (Å²) < 4.78 is 0. The summed E-state index contributed by atoms with van der Waals surface area (Å²) in [5, 5.41) is 3.56. The molecule has 106 valence electrons. The van der Waals surface area contributed by atoms with Crippen LogP contribution in [0.2, 0.25) is 0 Å². The van der Waals surface area contributed by atoms with E-state index in [1.807, 2.05) is 0 Å². The van der Waals surface area contributed by atoms with Crippen molar-refractivity contribution in [3.8, 4) is 0 Å². The Hall–Kier alpha value is -0.860. The summed E-state index contributed by atoms with van der Waals surface area (Å²) in [7, 11) is 0. The number of likely N-dealkylation sites (tertiary alicyclic amines) is 1. The molecule has 1 N–H and O–H groups in total. The maximum atomic E-state index is 3.56. The van der Waals surface area contributed by atoms with E-state index in [1.54, 1.807) is 0 Å². The number of hydrogen-bond acceptors (Lipinski definition) is 2. The first-order valence-corrected chi connectivity index (χ1v) is 7.75. The molecule has 1 heterocycles. The average Bonchev–Trinajstić information content (AvgIpc) is 2.41. The van der Waals surface area contributed by atoms with Crippen LogP contribution in [0.3, 0.4) is 0 Å². The maximum Gasteiger partial charge on any atom is 0.0236 e. The van der Waals surface area contributed by atoms with Gasteiger partial charge in [0.1, 0.15) is 0 Å². The summed E-state index contributed by atoms with van der Waals surface area (Å²) in [6.07, 6.45) is 4.15. The minimum Gasteiger partial charge on any atom is -0.312 e. The smallest absolute Gasteiger partial charge is 0.0236 e. The lowest BCUT2D eigenvalue weighted by molar-refractivity contribution is 0.220. The zero-order valence-corrected chi connectivity index (χ0v) is 12.5. The first-order chi connectivity index (χ1) is 9.25. The molecule has 2 nitrogen and oxygen atoms in total. The maximum absolute atomic E-state index is 3.56. The third-order valence-corrected chi connectivity index (χ3v) is 3.83. The van der Waals surface area contributed by atoms with Gasteiger partial charge >= 0.3 is 0 Å². The monoisotopic (exact) mass is 260 g/mol. The molecule has 0 atom stereocenters. The molecule has 0 amide bonds. The third kappa shape index (κ3) is 4.96.